The summed E-state index contributed by atoms with van der Waals surface area (Å²) >= 11 is 7.74. The van der Waals surface area contributed by atoms with Gasteiger partial charge < -0.3 is 4.74 Å². The second-order valence-corrected chi connectivity index (χ2v) is 7.74. The summed E-state index contributed by atoms with van der Waals surface area (Å²) in [7, 11) is 1.59. The van der Waals surface area contributed by atoms with Crippen LogP contribution < -0.4 is 9.64 Å². The summed E-state index contributed by atoms with van der Waals surface area (Å²) in [5.74, 6) is 0.407. The van der Waals surface area contributed by atoms with Gasteiger partial charge in [-0.25, -0.2) is 4.98 Å². The number of ether oxygens (including phenoxy) is 1. The van der Waals surface area contributed by atoms with Crippen LogP contribution in [0.1, 0.15) is 23.0 Å². The van der Waals surface area contributed by atoms with Gasteiger partial charge in [0.15, 0.2) is 10.8 Å². The van der Waals surface area contributed by atoms with Gasteiger partial charge in [0.2, 0.25) is 0 Å². The SMILES string of the molecule is CCn1ccc(C(=O)N(Cc2ccccc2)c2nc3c(OC)ccc(Cl)c3s2)n1. The number of benzene rings is 2. The van der Waals surface area contributed by atoms with E-state index in [1.807, 2.05) is 37.3 Å². The highest BCUT2D eigenvalue weighted by Crippen LogP contribution is 2.39. The van der Waals surface area contributed by atoms with Gasteiger partial charge in [0, 0.05) is 12.7 Å². The lowest BCUT2D eigenvalue weighted by Crippen LogP contribution is -2.30. The van der Waals surface area contributed by atoms with Gasteiger partial charge in [-0.1, -0.05) is 53.3 Å². The third-order valence-corrected chi connectivity index (χ3v) is 6.05. The molecule has 0 saturated heterocycles. The second-order valence-electron chi connectivity index (χ2n) is 6.36. The molecule has 0 radical (unpaired) electrons. The number of hydrogen-bond acceptors (Lipinski definition) is 5. The van der Waals surface area contributed by atoms with Crippen molar-refractivity contribution >= 4 is 44.2 Å². The molecule has 0 atom stereocenters. The van der Waals surface area contributed by atoms with Gasteiger partial charge in [-0.05, 0) is 30.7 Å². The van der Waals surface area contributed by atoms with Crippen LogP contribution in [0.15, 0.2) is 54.7 Å². The molecule has 29 heavy (non-hydrogen) atoms. The van der Waals surface area contributed by atoms with E-state index in [0.717, 1.165) is 10.3 Å². The Balaban J connectivity index is 1.80. The van der Waals surface area contributed by atoms with Crippen LogP contribution in [-0.2, 0) is 13.1 Å². The van der Waals surface area contributed by atoms with Crippen LogP contribution in [0.4, 0.5) is 5.13 Å². The number of halogens is 1. The summed E-state index contributed by atoms with van der Waals surface area (Å²) in [4.78, 5) is 19.7. The summed E-state index contributed by atoms with van der Waals surface area (Å²) in [5, 5.41) is 5.50. The van der Waals surface area contributed by atoms with Crippen molar-refractivity contribution in [3.63, 3.8) is 0 Å². The van der Waals surface area contributed by atoms with Crippen molar-refractivity contribution in [3.8, 4) is 5.75 Å². The zero-order valence-corrected chi connectivity index (χ0v) is 17.6. The molecule has 0 aliphatic rings. The van der Waals surface area contributed by atoms with Crippen molar-refractivity contribution in [2.24, 2.45) is 0 Å². The Kier molecular flexibility index (Phi) is 5.51. The normalized spacial score (nSPS) is 11.0. The summed E-state index contributed by atoms with van der Waals surface area (Å²) in [6.07, 6.45) is 1.80. The molecule has 4 rings (SSSR count). The Hall–Kier alpha value is -2.90. The van der Waals surface area contributed by atoms with Gasteiger partial charge >= 0.3 is 0 Å². The van der Waals surface area contributed by atoms with Crippen molar-refractivity contribution in [3.05, 3.63) is 71.0 Å². The Morgan fingerprint density at radius 3 is 2.69 bits per heavy atom. The maximum absolute atomic E-state index is 13.3. The minimum absolute atomic E-state index is 0.213. The first kappa shape index (κ1) is 19.4. The molecule has 2 aromatic carbocycles. The van der Waals surface area contributed by atoms with E-state index in [0.29, 0.717) is 40.2 Å². The molecule has 0 bridgehead atoms. The third kappa shape index (κ3) is 3.83. The van der Waals surface area contributed by atoms with Gasteiger partial charge in [-0.2, -0.15) is 5.10 Å². The molecule has 0 aliphatic carbocycles. The van der Waals surface area contributed by atoms with Crippen molar-refractivity contribution in [1.29, 1.82) is 0 Å². The van der Waals surface area contributed by atoms with Gasteiger partial charge in [-0.3, -0.25) is 14.4 Å². The fourth-order valence-corrected chi connectivity index (χ4v) is 4.26. The predicted octanol–water partition coefficient (Wildman–Crippen LogP) is 5.02. The highest BCUT2D eigenvalue weighted by Gasteiger charge is 2.25. The summed E-state index contributed by atoms with van der Waals surface area (Å²) in [6.45, 7) is 3.04. The lowest BCUT2D eigenvalue weighted by atomic mass is 10.2. The zero-order chi connectivity index (χ0) is 20.4. The van der Waals surface area contributed by atoms with Crippen LogP contribution in [0.3, 0.4) is 0 Å². The Morgan fingerprint density at radius 1 is 1.21 bits per heavy atom. The molecule has 0 saturated carbocycles. The monoisotopic (exact) mass is 426 g/mol. The molecule has 0 unspecified atom stereocenters. The molecule has 6 nitrogen and oxygen atoms in total. The van der Waals surface area contributed by atoms with E-state index >= 15 is 0 Å². The van der Waals surface area contributed by atoms with E-state index in [4.69, 9.17) is 21.3 Å². The van der Waals surface area contributed by atoms with E-state index in [1.54, 1.807) is 41.1 Å². The lowest BCUT2D eigenvalue weighted by Gasteiger charge is -2.19. The van der Waals surface area contributed by atoms with Crippen LogP contribution in [0, 0.1) is 0 Å². The number of aryl methyl sites for hydroxylation is 1. The highest BCUT2D eigenvalue weighted by molar-refractivity contribution is 7.23. The molecule has 0 aliphatic heterocycles. The van der Waals surface area contributed by atoms with E-state index in [-0.39, 0.29) is 5.91 Å². The first-order valence-corrected chi connectivity index (χ1v) is 10.3. The first-order valence-electron chi connectivity index (χ1n) is 9.13. The van der Waals surface area contributed by atoms with E-state index < -0.39 is 0 Å². The van der Waals surface area contributed by atoms with E-state index in [1.165, 1.54) is 11.3 Å². The van der Waals surface area contributed by atoms with Gasteiger partial charge in [0.1, 0.15) is 11.3 Å². The largest absolute Gasteiger partial charge is 0.494 e. The number of anilines is 1. The smallest absolute Gasteiger partial charge is 0.280 e. The highest BCUT2D eigenvalue weighted by atomic mass is 35.5. The number of aromatic nitrogens is 3. The fourth-order valence-electron chi connectivity index (χ4n) is 3.00. The summed E-state index contributed by atoms with van der Waals surface area (Å²) in [5.41, 5.74) is 2.01. The molecule has 4 aromatic rings. The molecule has 0 fully saturated rings. The standard InChI is InChI=1S/C21H19ClN4O2S/c1-3-25-12-11-16(24-25)20(27)26(13-14-7-5-4-6-8-14)21-23-18-17(28-2)10-9-15(22)19(18)29-21/h4-12H,3,13H2,1-2H3. The van der Waals surface area contributed by atoms with Crippen molar-refractivity contribution in [2.45, 2.75) is 20.0 Å². The fraction of sp³-hybridized carbons (Fsp3) is 0.190. The molecule has 8 heteroatoms. The van der Waals surface area contributed by atoms with Gasteiger partial charge in [0.25, 0.3) is 5.91 Å². The molecule has 2 aromatic heterocycles. The van der Waals surface area contributed by atoms with Gasteiger partial charge in [-0.15, -0.1) is 0 Å². The number of rotatable bonds is 6. The maximum atomic E-state index is 13.3. The van der Waals surface area contributed by atoms with Crippen LogP contribution in [0.2, 0.25) is 5.02 Å². The Labute approximate surface area is 177 Å². The van der Waals surface area contributed by atoms with Crippen LogP contribution in [0.25, 0.3) is 10.2 Å². The minimum atomic E-state index is -0.213. The molecule has 148 valence electrons. The molecule has 1 amide bonds. The average molecular weight is 427 g/mol. The number of methoxy groups -OCH3 is 1. The molecule has 0 spiro atoms. The zero-order valence-electron chi connectivity index (χ0n) is 16.0. The molecule has 0 N–H and O–H groups in total. The number of hydrogen-bond donors (Lipinski definition) is 0. The third-order valence-electron chi connectivity index (χ3n) is 4.51. The maximum Gasteiger partial charge on any atom is 0.280 e. The Bertz CT molecular complexity index is 1160. The first-order chi connectivity index (χ1) is 14.1. The van der Waals surface area contributed by atoms with E-state index in [9.17, 15) is 4.79 Å². The van der Waals surface area contributed by atoms with Crippen LogP contribution in [-0.4, -0.2) is 27.8 Å². The van der Waals surface area contributed by atoms with Gasteiger partial charge in [0.05, 0.1) is 23.4 Å². The van der Waals surface area contributed by atoms with Crippen molar-refractivity contribution in [1.82, 2.24) is 14.8 Å². The molecular weight excluding hydrogens is 408 g/mol. The number of fused-ring (bicyclic) bond motifs is 1. The second kappa shape index (κ2) is 8.23. The molecule has 2 heterocycles. The number of thiazole rings is 1. The quantitative estimate of drug-likeness (QED) is 0.434. The van der Waals surface area contributed by atoms with Crippen molar-refractivity contribution < 1.29 is 9.53 Å². The van der Waals surface area contributed by atoms with Crippen LogP contribution in [0.5, 0.6) is 5.75 Å². The number of amides is 1. The van der Waals surface area contributed by atoms with E-state index in [2.05, 4.69) is 5.10 Å². The average Bonchev–Trinajstić information content (AvgIpc) is 3.40. The molecular formula is C21H19ClN4O2S. The van der Waals surface area contributed by atoms with Crippen LogP contribution >= 0.6 is 22.9 Å². The summed E-state index contributed by atoms with van der Waals surface area (Å²) < 4.78 is 7.93. The number of carbonyl (C=O) groups is 1. The number of carbonyl (C=O) groups excluding carboxylic acids is 1. The predicted molar refractivity (Wildman–Crippen MR) is 116 cm³/mol. The minimum Gasteiger partial charge on any atom is -0.494 e. The summed E-state index contributed by atoms with van der Waals surface area (Å²) in [6, 6.07) is 15.1. The van der Waals surface area contributed by atoms with Crippen molar-refractivity contribution in [2.75, 3.05) is 12.0 Å². The topological polar surface area (TPSA) is 60.2 Å². The Morgan fingerprint density at radius 2 is 2.00 bits per heavy atom. The number of nitrogens with zero attached hydrogens (tertiary/aromatic N) is 4. The lowest BCUT2D eigenvalue weighted by molar-refractivity contribution is 0.0979.